The first-order valence-corrected chi connectivity index (χ1v) is 5.62. The summed E-state index contributed by atoms with van der Waals surface area (Å²) in [6.07, 6.45) is 0.887. The van der Waals surface area contributed by atoms with Crippen LogP contribution in [0.15, 0.2) is 0 Å². The molecule has 0 unspecified atom stereocenters. The van der Waals surface area contributed by atoms with Gasteiger partial charge in [0.05, 0.1) is 12.6 Å². The van der Waals surface area contributed by atoms with Gasteiger partial charge in [-0.1, -0.05) is 20.3 Å². The maximum Gasteiger partial charge on any atom is 0.240 e. The summed E-state index contributed by atoms with van der Waals surface area (Å²) >= 11 is 0. The topological polar surface area (TPSA) is 66.6 Å². The first kappa shape index (κ1) is 14.4. The number of carbonyl (C=O) groups is 1. The van der Waals surface area contributed by atoms with E-state index in [0.29, 0.717) is 6.54 Å². The quantitative estimate of drug-likeness (QED) is 0.683. The van der Waals surface area contributed by atoms with Crippen LogP contribution < -0.4 is 5.73 Å². The van der Waals surface area contributed by atoms with E-state index in [0.717, 1.165) is 6.42 Å². The minimum absolute atomic E-state index is 0.0167. The average molecular weight is 216 g/mol. The molecule has 0 aromatic rings. The summed E-state index contributed by atoms with van der Waals surface area (Å²) in [6.45, 7) is 8.19. The van der Waals surface area contributed by atoms with Gasteiger partial charge in [0.25, 0.3) is 0 Å². The zero-order valence-electron chi connectivity index (χ0n) is 10.2. The van der Waals surface area contributed by atoms with Crippen LogP contribution in [0.25, 0.3) is 0 Å². The Hall–Kier alpha value is -0.610. The molecule has 1 amide bonds. The molecular weight excluding hydrogens is 192 g/mol. The van der Waals surface area contributed by atoms with Crippen molar-refractivity contribution in [1.29, 1.82) is 0 Å². The molecule has 90 valence electrons. The van der Waals surface area contributed by atoms with Crippen LogP contribution in [0.3, 0.4) is 0 Å². The average Bonchev–Trinajstić information content (AvgIpc) is 2.22. The number of carbonyl (C=O) groups excluding carboxylic acids is 1. The van der Waals surface area contributed by atoms with E-state index in [9.17, 15) is 4.79 Å². The summed E-state index contributed by atoms with van der Waals surface area (Å²) in [4.78, 5) is 13.6. The van der Waals surface area contributed by atoms with E-state index in [1.54, 1.807) is 4.90 Å². The lowest BCUT2D eigenvalue weighted by molar-refractivity contribution is -0.136. The number of nitrogens with two attached hydrogens (primary N) is 1. The summed E-state index contributed by atoms with van der Waals surface area (Å²) in [5.41, 5.74) is 5.87. The molecule has 0 radical (unpaired) electrons. The summed E-state index contributed by atoms with van der Waals surface area (Å²) < 4.78 is 0. The van der Waals surface area contributed by atoms with Gasteiger partial charge in [-0.15, -0.1) is 0 Å². The number of hydrogen-bond acceptors (Lipinski definition) is 3. The number of hydrogen-bond donors (Lipinski definition) is 2. The zero-order chi connectivity index (χ0) is 12.0. The van der Waals surface area contributed by atoms with Crippen molar-refractivity contribution < 1.29 is 9.90 Å². The highest BCUT2D eigenvalue weighted by Crippen LogP contribution is 2.10. The fourth-order valence-corrected chi connectivity index (χ4v) is 1.42. The van der Waals surface area contributed by atoms with Gasteiger partial charge in [0.2, 0.25) is 5.91 Å². The van der Waals surface area contributed by atoms with E-state index >= 15 is 0 Å². The molecular formula is C11H24N2O2. The van der Waals surface area contributed by atoms with Gasteiger partial charge in [0.1, 0.15) is 0 Å². The molecule has 0 saturated carbocycles. The van der Waals surface area contributed by atoms with Crippen molar-refractivity contribution in [3.05, 3.63) is 0 Å². The maximum atomic E-state index is 12.0. The predicted octanol–water partition coefficient (Wildman–Crippen LogP) is 0.589. The Morgan fingerprint density at radius 1 is 1.40 bits per heavy atom. The first-order valence-electron chi connectivity index (χ1n) is 5.62. The molecule has 0 aliphatic heterocycles. The second-order valence-electron chi connectivity index (χ2n) is 4.26. The highest BCUT2D eigenvalue weighted by Gasteiger charge is 2.25. The molecule has 0 heterocycles. The molecule has 0 saturated heterocycles. The van der Waals surface area contributed by atoms with Gasteiger partial charge < -0.3 is 15.7 Å². The number of rotatable bonds is 6. The van der Waals surface area contributed by atoms with Crippen molar-refractivity contribution in [2.75, 3.05) is 13.2 Å². The van der Waals surface area contributed by atoms with Crippen molar-refractivity contribution in [2.24, 2.45) is 11.7 Å². The minimum atomic E-state index is -0.455. The molecule has 0 aromatic carbocycles. The van der Waals surface area contributed by atoms with Gasteiger partial charge in [-0.2, -0.15) is 0 Å². The molecule has 0 fully saturated rings. The van der Waals surface area contributed by atoms with E-state index in [1.807, 2.05) is 27.7 Å². The Morgan fingerprint density at radius 3 is 2.27 bits per heavy atom. The minimum Gasteiger partial charge on any atom is -0.395 e. The smallest absolute Gasteiger partial charge is 0.240 e. The molecule has 0 spiro atoms. The normalized spacial score (nSPS) is 15.1. The Kier molecular flexibility index (Phi) is 6.52. The van der Waals surface area contributed by atoms with Crippen LogP contribution in [-0.4, -0.2) is 41.1 Å². The third kappa shape index (κ3) is 4.18. The Morgan fingerprint density at radius 2 is 1.93 bits per heavy atom. The molecule has 0 bridgehead atoms. The first-order chi connectivity index (χ1) is 6.95. The van der Waals surface area contributed by atoms with Gasteiger partial charge in [-0.3, -0.25) is 4.79 Å². The summed E-state index contributed by atoms with van der Waals surface area (Å²) in [7, 11) is 0. The molecule has 3 N–H and O–H groups in total. The number of aliphatic hydroxyl groups excluding tert-OH is 1. The van der Waals surface area contributed by atoms with E-state index in [2.05, 4.69) is 0 Å². The van der Waals surface area contributed by atoms with E-state index < -0.39 is 6.04 Å². The molecule has 15 heavy (non-hydrogen) atoms. The van der Waals surface area contributed by atoms with Gasteiger partial charge in [-0.25, -0.2) is 0 Å². The second kappa shape index (κ2) is 6.80. The maximum absolute atomic E-state index is 12.0. The molecule has 0 aliphatic rings. The van der Waals surface area contributed by atoms with Crippen LogP contribution in [0.5, 0.6) is 0 Å². The Bertz CT molecular complexity index is 195. The molecule has 0 rings (SSSR count). The van der Waals surface area contributed by atoms with Crippen LogP contribution in [0, 0.1) is 5.92 Å². The monoisotopic (exact) mass is 216 g/mol. The van der Waals surface area contributed by atoms with Crippen molar-refractivity contribution in [2.45, 2.75) is 46.2 Å². The van der Waals surface area contributed by atoms with Crippen LogP contribution in [0.1, 0.15) is 34.1 Å². The Balaban J connectivity index is 4.48. The van der Waals surface area contributed by atoms with E-state index in [-0.39, 0.29) is 24.5 Å². The Labute approximate surface area is 92.4 Å². The summed E-state index contributed by atoms with van der Waals surface area (Å²) in [5, 5.41) is 8.88. The largest absolute Gasteiger partial charge is 0.395 e. The lowest BCUT2D eigenvalue weighted by Crippen LogP contribution is -2.50. The summed E-state index contributed by atoms with van der Waals surface area (Å²) in [5.74, 6) is 0.117. The fourth-order valence-electron chi connectivity index (χ4n) is 1.42. The zero-order valence-corrected chi connectivity index (χ0v) is 10.2. The number of nitrogens with zero attached hydrogens (tertiary/aromatic N) is 1. The van der Waals surface area contributed by atoms with Crippen LogP contribution in [0.2, 0.25) is 0 Å². The third-order valence-electron chi connectivity index (χ3n) is 2.79. The molecule has 0 aromatic heterocycles. The van der Waals surface area contributed by atoms with Gasteiger partial charge >= 0.3 is 0 Å². The van der Waals surface area contributed by atoms with Crippen molar-refractivity contribution in [1.82, 2.24) is 4.90 Å². The molecule has 4 heteroatoms. The van der Waals surface area contributed by atoms with Crippen molar-refractivity contribution in [3.63, 3.8) is 0 Å². The molecule has 2 atom stereocenters. The van der Waals surface area contributed by atoms with Crippen molar-refractivity contribution in [3.8, 4) is 0 Å². The van der Waals surface area contributed by atoms with Gasteiger partial charge in [0.15, 0.2) is 0 Å². The van der Waals surface area contributed by atoms with Crippen LogP contribution >= 0.6 is 0 Å². The standard InChI is InChI=1S/C11H24N2O2/c1-5-9(4)10(12)11(15)13(6-7-14)8(2)3/h8-10,14H,5-7,12H2,1-4H3/t9-,10-/m0/s1. The molecule has 0 aliphatic carbocycles. The fraction of sp³-hybridized carbons (Fsp3) is 0.909. The predicted molar refractivity (Wildman–Crippen MR) is 61.4 cm³/mol. The highest BCUT2D eigenvalue weighted by atomic mass is 16.3. The summed E-state index contributed by atoms with van der Waals surface area (Å²) in [6, 6.07) is -0.372. The van der Waals surface area contributed by atoms with Crippen molar-refractivity contribution >= 4 is 5.91 Å². The third-order valence-corrected chi connectivity index (χ3v) is 2.79. The lowest BCUT2D eigenvalue weighted by Gasteiger charge is -2.30. The highest BCUT2D eigenvalue weighted by molar-refractivity contribution is 5.82. The van der Waals surface area contributed by atoms with E-state index in [4.69, 9.17) is 10.8 Å². The SMILES string of the molecule is CC[C@H](C)[C@H](N)C(=O)N(CCO)C(C)C. The van der Waals surface area contributed by atoms with Gasteiger partial charge in [0, 0.05) is 12.6 Å². The number of aliphatic hydroxyl groups is 1. The van der Waals surface area contributed by atoms with Crippen LogP contribution in [-0.2, 0) is 4.79 Å². The lowest BCUT2D eigenvalue weighted by atomic mass is 9.98. The van der Waals surface area contributed by atoms with Crippen LogP contribution in [0.4, 0.5) is 0 Å². The number of amides is 1. The van der Waals surface area contributed by atoms with Gasteiger partial charge in [-0.05, 0) is 19.8 Å². The van der Waals surface area contributed by atoms with E-state index in [1.165, 1.54) is 0 Å². The molecule has 4 nitrogen and oxygen atoms in total. The second-order valence-corrected chi connectivity index (χ2v) is 4.26.